The molecule has 0 spiro atoms. The van der Waals surface area contributed by atoms with Crippen LogP contribution in [0, 0.1) is 5.82 Å². The van der Waals surface area contributed by atoms with Crippen molar-refractivity contribution in [3.8, 4) is 11.1 Å². The third-order valence-electron chi connectivity index (χ3n) is 4.18. The molecule has 0 aromatic heterocycles. The molecule has 3 aromatic carbocycles. The fourth-order valence-electron chi connectivity index (χ4n) is 2.88. The Kier molecular flexibility index (Phi) is 5.64. The van der Waals surface area contributed by atoms with Crippen LogP contribution in [-0.4, -0.2) is 19.0 Å². The minimum Gasteiger partial charge on any atom is -0.362 e. The highest BCUT2D eigenvalue weighted by molar-refractivity contribution is 5.97. The van der Waals surface area contributed by atoms with Gasteiger partial charge < -0.3 is 10.2 Å². The van der Waals surface area contributed by atoms with Gasteiger partial charge in [-0.2, -0.15) is 0 Å². The molecule has 3 nitrogen and oxygen atoms in total. The fraction of sp³-hybridized carbons (Fsp3) is 0.136. The summed E-state index contributed by atoms with van der Waals surface area (Å²) < 4.78 is 13.5. The van der Waals surface area contributed by atoms with Crippen LogP contribution in [-0.2, 0) is 4.79 Å². The Morgan fingerprint density at radius 1 is 0.962 bits per heavy atom. The zero-order valence-electron chi connectivity index (χ0n) is 14.7. The van der Waals surface area contributed by atoms with Gasteiger partial charge >= 0.3 is 0 Å². The van der Waals surface area contributed by atoms with E-state index in [1.165, 1.54) is 12.1 Å². The van der Waals surface area contributed by atoms with Gasteiger partial charge in [0.05, 0.1) is 6.54 Å². The molecular formula is C22H21FN2O. The van der Waals surface area contributed by atoms with Crippen LogP contribution in [0.15, 0.2) is 78.9 Å². The first-order chi connectivity index (χ1) is 12.7. The lowest BCUT2D eigenvalue weighted by molar-refractivity contribution is -0.115. The largest absolute Gasteiger partial charge is 0.362 e. The molecule has 0 heterocycles. The molecule has 0 aliphatic carbocycles. The average Bonchev–Trinajstić information content (AvgIpc) is 2.67. The van der Waals surface area contributed by atoms with Crippen molar-refractivity contribution in [2.24, 2.45) is 0 Å². The molecule has 0 bridgehead atoms. The molecule has 0 aliphatic heterocycles. The van der Waals surface area contributed by atoms with E-state index in [4.69, 9.17) is 0 Å². The zero-order valence-corrected chi connectivity index (χ0v) is 14.7. The summed E-state index contributed by atoms with van der Waals surface area (Å²) in [6.07, 6.45) is 0. The number of carbonyl (C=O) groups is 1. The molecule has 1 N–H and O–H groups in total. The summed E-state index contributed by atoms with van der Waals surface area (Å²) in [4.78, 5) is 14.4. The molecule has 132 valence electrons. The highest BCUT2D eigenvalue weighted by Crippen LogP contribution is 2.27. The highest BCUT2D eigenvalue weighted by Gasteiger charge is 2.13. The van der Waals surface area contributed by atoms with Crippen LogP contribution in [0.25, 0.3) is 11.1 Å². The molecular weight excluding hydrogens is 327 g/mol. The number of carbonyl (C=O) groups excluding carboxylic acids is 1. The van der Waals surface area contributed by atoms with Gasteiger partial charge in [0, 0.05) is 23.5 Å². The minimum absolute atomic E-state index is 0.139. The Bertz CT molecular complexity index is 880. The van der Waals surface area contributed by atoms with Gasteiger partial charge in [-0.25, -0.2) is 4.39 Å². The van der Waals surface area contributed by atoms with Gasteiger partial charge in [0.1, 0.15) is 5.82 Å². The number of anilines is 2. The van der Waals surface area contributed by atoms with Gasteiger partial charge in [0.25, 0.3) is 0 Å². The van der Waals surface area contributed by atoms with Crippen LogP contribution in [0.5, 0.6) is 0 Å². The van der Waals surface area contributed by atoms with E-state index >= 15 is 0 Å². The van der Waals surface area contributed by atoms with Crippen molar-refractivity contribution in [1.29, 1.82) is 0 Å². The van der Waals surface area contributed by atoms with Crippen LogP contribution in [0.2, 0.25) is 0 Å². The molecule has 4 heteroatoms. The second kappa shape index (κ2) is 8.30. The average molecular weight is 348 g/mol. The van der Waals surface area contributed by atoms with Gasteiger partial charge in [-0.15, -0.1) is 0 Å². The smallest absolute Gasteiger partial charge is 0.243 e. The molecule has 0 atom stereocenters. The summed E-state index contributed by atoms with van der Waals surface area (Å²) in [7, 11) is 0. The Labute approximate surface area is 153 Å². The second-order valence-corrected chi connectivity index (χ2v) is 5.95. The topological polar surface area (TPSA) is 32.3 Å². The second-order valence-electron chi connectivity index (χ2n) is 5.95. The van der Waals surface area contributed by atoms with Crippen molar-refractivity contribution >= 4 is 17.3 Å². The number of nitrogens with zero attached hydrogens (tertiary/aromatic N) is 1. The number of rotatable bonds is 6. The van der Waals surface area contributed by atoms with E-state index in [1.807, 2.05) is 66.4 Å². The first-order valence-electron chi connectivity index (χ1n) is 8.62. The number of likely N-dealkylation sites (N-methyl/N-ethyl adjacent to an activating group) is 1. The minimum atomic E-state index is -0.309. The van der Waals surface area contributed by atoms with Crippen LogP contribution in [0.3, 0.4) is 0 Å². The molecule has 0 saturated heterocycles. The van der Waals surface area contributed by atoms with Crippen molar-refractivity contribution in [3.05, 3.63) is 84.7 Å². The van der Waals surface area contributed by atoms with E-state index in [2.05, 4.69) is 5.32 Å². The summed E-state index contributed by atoms with van der Waals surface area (Å²) in [5, 5.41) is 2.98. The van der Waals surface area contributed by atoms with E-state index < -0.39 is 0 Å². The molecule has 0 aliphatic rings. The van der Waals surface area contributed by atoms with Crippen LogP contribution in [0.1, 0.15) is 6.92 Å². The van der Waals surface area contributed by atoms with Crippen molar-refractivity contribution in [2.75, 3.05) is 23.3 Å². The summed E-state index contributed by atoms with van der Waals surface area (Å²) >= 11 is 0. The lowest BCUT2D eigenvalue weighted by Crippen LogP contribution is -2.33. The maximum Gasteiger partial charge on any atom is 0.243 e. The molecule has 26 heavy (non-hydrogen) atoms. The Morgan fingerprint density at radius 2 is 1.69 bits per heavy atom. The first-order valence-corrected chi connectivity index (χ1v) is 8.62. The Hall–Kier alpha value is -3.14. The van der Waals surface area contributed by atoms with E-state index in [0.717, 1.165) is 16.8 Å². The highest BCUT2D eigenvalue weighted by atomic mass is 19.1. The Morgan fingerprint density at radius 3 is 2.42 bits per heavy atom. The van der Waals surface area contributed by atoms with Crippen molar-refractivity contribution in [3.63, 3.8) is 0 Å². The van der Waals surface area contributed by atoms with E-state index in [0.29, 0.717) is 12.2 Å². The monoisotopic (exact) mass is 348 g/mol. The number of amides is 1. The fourth-order valence-corrected chi connectivity index (χ4v) is 2.88. The van der Waals surface area contributed by atoms with E-state index in [1.54, 1.807) is 12.1 Å². The zero-order chi connectivity index (χ0) is 18.4. The van der Waals surface area contributed by atoms with Crippen molar-refractivity contribution < 1.29 is 9.18 Å². The van der Waals surface area contributed by atoms with Crippen molar-refractivity contribution in [2.45, 2.75) is 6.92 Å². The number of hydrogen-bond acceptors (Lipinski definition) is 2. The normalized spacial score (nSPS) is 10.4. The first kappa shape index (κ1) is 17.7. The molecule has 0 fully saturated rings. The van der Waals surface area contributed by atoms with Crippen LogP contribution < -0.4 is 10.2 Å². The molecule has 3 aromatic rings. The van der Waals surface area contributed by atoms with Crippen LogP contribution >= 0.6 is 0 Å². The van der Waals surface area contributed by atoms with Gasteiger partial charge in [-0.1, -0.05) is 54.6 Å². The number of para-hydroxylation sites is 1. The molecule has 3 rings (SSSR count). The molecule has 1 amide bonds. The van der Waals surface area contributed by atoms with E-state index in [-0.39, 0.29) is 18.3 Å². The summed E-state index contributed by atoms with van der Waals surface area (Å²) in [5.41, 5.74) is 3.47. The van der Waals surface area contributed by atoms with E-state index in [9.17, 15) is 9.18 Å². The van der Waals surface area contributed by atoms with Gasteiger partial charge in [0.15, 0.2) is 0 Å². The maximum absolute atomic E-state index is 13.5. The summed E-state index contributed by atoms with van der Waals surface area (Å²) in [6.45, 7) is 2.70. The quantitative estimate of drug-likeness (QED) is 0.683. The maximum atomic E-state index is 13.5. The lowest BCUT2D eigenvalue weighted by Gasteiger charge is -2.23. The van der Waals surface area contributed by atoms with Crippen LogP contribution in [0.4, 0.5) is 15.8 Å². The summed E-state index contributed by atoms with van der Waals surface area (Å²) in [5.74, 6) is -0.449. The molecule has 0 saturated carbocycles. The number of halogens is 1. The van der Waals surface area contributed by atoms with Gasteiger partial charge in [0.2, 0.25) is 5.91 Å². The third-order valence-corrected chi connectivity index (χ3v) is 4.18. The number of benzene rings is 3. The predicted molar refractivity (Wildman–Crippen MR) is 105 cm³/mol. The van der Waals surface area contributed by atoms with Crippen molar-refractivity contribution in [1.82, 2.24) is 0 Å². The molecule has 0 radical (unpaired) electrons. The lowest BCUT2D eigenvalue weighted by atomic mass is 10.0. The predicted octanol–water partition coefficient (Wildman–Crippen LogP) is 4.96. The van der Waals surface area contributed by atoms with Gasteiger partial charge in [-0.05, 0) is 36.8 Å². The third kappa shape index (κ3) is 4.28. The Balaban J connectivity index is 1.76. The SMILES string of the molecule is CCN(CC(=O)Nc1ccccc1-c1ccccc1)c1cccc(F)c1. The number of hydrogen-bond donors (Lipinski definition) is 1. The number of nitrogens with one attached hydrogen (secondary N) is 1. The standard InChI is InChI=1S/C22H21FN2O/c1-2-25(19-12-8-11-18(23)15-19)16-22(26)24-21-14-7-6-13-20(21)17-9-4-3-5-10-17/h3-15H,2,16H2,1H3,(H,24,26). The molecule has 0 unspecified atom stereocenters. The van der Waals surface area contributed by atoms with Gasteiger partial charge in [-0.3, -0.25) is 4.79 Å². The summed E-state index contributed by atoms with van der Waals surface area (Å²) in [6, 6.07) is 23.9.